The molecule has 0 aliphatic heterocycles. The molecule has 0 spiro atoms. The zero-order valence-electron chi connectivity index (χ0n) is 63.3. The number of carbonyl (C=O) groups excluding carboxylic acids is 2. The molecule has 0 aromatic heterocycles. The molecular weight excluding hydrogens is 1170 g/mol. The lowest BCUT2D eigenvalue weighted by Crippen LogP contribution is -2.40. The van der Waals surface area contributed by atoms with Gasteiger partial charge in [-0.1, -0.05) is 369 Å². The van der Waals surface area contributed by atoms with E-state index in [1.165, 1.54) is 283 Å². The first-order valence-corrected chi connectivity index (χ1v) is 40.8. The minimum atomic E-state index is -1.51. The van der Waals surface area contributed by atoms with Gasteiger partial charge in [0.05, 0.1) is 34.4 Å². The van der Waals surface area contributed by atoms with Crippen molar-refractivity contribution < 1.29 is 42.9 Å². The van der Waals surface area contributed by atoms with Crippen LogP contribution in [0.25, 0.3) is 0 Å². The van der Waals surface area contributed by atoms with E-state index in [1.807, 2.05) is 21.1 Å². The second-order valence-corrected chi connectivity index (χ2v) is 28.7. The van der Waals surface area contributed by atoms with Gasteiger partial charge in [0, 0.05) is 12.8 Å². The van der Waals surface area contributed by atoms with Gasteiger partial charge in [-0.25, -0.2) is 4.79 Å². The fraction of sp³-hybridized carbons (Fsp3) is 0.802. The zero-order chi connectivity index (χ0) is 69.0. The van der Waals surface area contributed by atoms with Crippen molar-refractivity contribution in [1.29, 1.82) is 0 Å². The van der Waals surface area contributed by atoms with Crippen LogP contribution in [0.1, 0.15) is 386 Å². The van der Waals surface area contributed by atoms with Gasteiger partial charge in [-0.2, -0.15) is 0 Å². The molecule has 0 aliphatic rings. The highest BCUT2D eigenvalue weighted by Crippen LogP contribution is 2.19. The largest absolute Gasteiger partial charge is 0.477 e. The minimum absolute atomic E-state index is 0.181. The first kappa shape index (κ1) is 91.5. The maximum atomic E-state index is 13.0. The number of quaternary nitrogens is 1. The number of allylic oxidation sites excluding steroid dienone is 14. The molecule has 0 heterocycles. The van der Waals surface area contributed by atoms with E-state index in [0.717, 1.165) is 77.0 Å². The summed E-state index contributed by atoms with van der Waals surface area (Å²) in [6, 6.07) is 0. The monoisotopic (exact) mass is 1330 g/mol. The molecule has 552 valence electrons. The molecule has 0 rings (SSSR count). The van der Waals surface area contributed by atoms with Gasteiger partial charge in [0.2, 0.25) is 0 Å². The SMILES string of the molecule is CC/C=C\C/C=C\C/C=C\C/C=C\C/C=C\CCCCCCCCCCCCCCCC(=O)OC(COC(=O)CCCCCCCCCCCCCCCCCCCCCCCCCCCCCCC/C=C\C/C=C\CCCCCCC)COC(OCC[N+](C)(C)C)C(=O)O. The van der Waals surface area contributed by atoms with E-state index in [2.05, 4.69) is 98.9 Å². The number of carboxylic acid groups (broad SMARTS) is 1. The Hall–Kier alpha value is -3.53. The summed E-state index contributed by atoms with van der Waals surface area (Å²) in [5, 5.41) is 9.77. The van der Waals surface area contributed by atoms with Gasteiger partial charge in [0.15, 0.2) is 6.10 Å². The molecule has 0 aliphatic carbocycles. The van der Waals surface area contributed by atoms with E-state index in [1.54, 1.807) is 0 Å². The fourth-order valence-electron chi connectivity index (χ4n) is 12.0. The molecule has 95 heavy (non-hydrogen) atoms. The summed E-state index contributed by atoms with van der Waals surface area (Å²) in [5.74, 6) is -1.99. The number of hydrogen-bond acceptors (Lipinski definition) is 7. The highest BCUT2D eigenvalue weighted by atomic mass is 16.7. The lowest BCUT2D eigenvalue weighted by Gasteiger charge is -2.25. The quantitative estimate of drug-likeness (QED) is 0.0211. The number of likely N-dealkylation sites (N-methyl/N-ethyl adjacent to an activating group) is 1. The van der Waals surface area contributed by atoms with Crippen molar-refractivity contribution in [2.45, 2.75) is 399 Å². The van der Waals surface area contributed by atoms with Crippen LogP contribution in [0.4, 0.5) is 0 Å². The van der Waals surface area contributed by atoms with E-state index >= 15 is 0 Å². The molecule has 0 saturated heterocycles. The minimum Gasteiger partial charge on any atom is -0.477 e. The molecule has 9 heteroatoms. The highest BCUT2D eigenvalue weighted by molar-refractivity contribution is 5.71. The molecule has 2 atom stereocenters. The van der Waals surface area contributed by atoms with Crippen molar-refractivity contribution >= 4 is 17.9 Å². The predicted molar refractivity (Wildman–Crippen MR) is 410 cm³/mol. The average Bonchev–Trinajstić information content (AvgIpc) is 2.86. The van der Waals surface area contributed by atoms with Crippen LogP contribution in [0.5, 0.6) is 0 Å². The first-order valence-electron chi connectivity index (χ1n) is 40.8. The molecular formula is C86H156NO8+. The Balaban J connectivity index is 3.95. The van der Waals surface area contributed by atoms with Crippen LogP contribution in [-0.4, -0.2) is 87.4 Å². The molecule has 2 unspecified atom stereocenters. The number of carboxylic acids is 1. The Morgan fingerprint density at radius 1 is 0.326 bits per heavy atom. The van der Waals surface area contributed by atoms with Gasteiger partial charge >= 0.3 is 17.9 Å². The smallest absolute Gasteiger partial charge is 0.361 e. The number of hydrogen-bond donors (Lipinski definition) is 1. The number of esters is 2. The lowest BCUT2D eigenvalue weighted by molar-refractivity contribution is -0.870. The van der Waals surface area contributed by atoms with Crippen molar-refractivity contribution in [2.75, 3.05) is 47.5 Å². The van der Waals surface area contributed by atoms with Crippen molar-refractivity contribution in [3.05, 3.63) is 85.1 Å². The molecule has 0 amide bonds. The summed E-state index contributed by atoms with van der Waals surface area (Å²) >= 11 is 0. The summed E-state index contributed by atoms with van der Waals surface area (Å²) in [7, 11) is 5.99. The van der Waals surface area contributed by atoms with Gasteiger partial charge in [0.1, 0.15) is 13.2 Å². The Kier molecular flexibility index (Phi) is 73.4. The van der Waals surface area contributed by atoms with E-state index in [4.69, 9.17) is 18.9 Å². The topological polar surface area (TPSA) is 108 Å². The van der Waals surface area contributed by atoms with Crippen molar-refractivity contribution in [3.8, 4) is 0 Å². The number of rotatable bonds is 76. The molecule has 0 bridgehead atoms. The number of nitrogens with zero attached hydrogens (tertiary/aromatic N) is 1. The van der Waals surface area contributed by atoms with E-state index < -0.39 is 24.3 Å². The third-order valence-electron chi connectivity index (χ3n) is 18.1. The number of unbranched alkanes of at least 4 members (excludes halogenated alkanes) is 47. The Labute approximate surface area is 589 Å². The van der Waals surface area contributed by atoms with Gasteiger partial charge < -0.3 is 28.5 Å². The second-order valence-electron chi connectivity index (χ2n) is 28.7. The standard InChI is InChI=1S/C86H155NO8/c1-6-8-10-12-14-16-18-20-22-24-26-28-30-32-34-36-37-38-39-40-41-42-43-44-45-46-47-49-50-52-54-56-58-60-62-64-66-68-70-72-74-76-83(88)93-80-82(81-94-86(85(90)91)92-79-78-87(3,4)5)95-84(89)77-75-73-71-69-67-65-63-61-59-57-55-53-51-48-35-33-31-29-27-25-23-21-19-17-15-13-11-9-7-2/h9,11,15,17-18,20-21,23-24,26-27,29,33,35,82,86H,6-8,10,12-14,16,19,22,25,28,30-32,34,36-81H2,1-5H3/p+1/b11-9-,17-15-,20-18-,23-21-,26-24-,29-27-,35-33-. The van der Waals surface area contributed by atoms with Gasteiger partial charge in [-0.3, -0.25) is 9.59 Å². The summed E-state index contributed by atoms with van der Waals surface area (Å²) in [6.45, 7) is 4.80. The van der Waals surface area contributed by atoms with E-state index in [0.29, 0.717) is 17.4 Å². The number of aliphatic carboxylic acids is 1. The van der Waals surface area contributed by atoms with Crippen LogP contribution >= 0.6 is 0 Å². The van der Waals surface area contributed by atoms with Crippen LogP contribution in [0.2, 0.25) is 0 Å². The van der Waals surface area contributed by atoms with Crippen LogP contribution in [0.3, 0.4) is 0 Å². The maximum absolute atomic E-state index is 13.0. The summed E-state index contributed by atoms with van der Waals surface area (Å²) in [6.07, 6.45) is 102. The zero-order valence-corrected chi connectivity index (χ0v) is 63.3. The summed E-state index contributed by atoms with van der Waals surface area (Å²) in [4.78, 5) is 37.7. The van der Waals surface area contributed by atoms with E-state index in [-0.39, 0.29) is 32.2 Å². The van der Waals surface area contributed by atoms with Crippen molar-refractivity contribution in [1.82, 2.24) is 0 Å². The van der Waals surface area contributed by atoms with Gasteiger partial charge in [0.25, 0.3) is 6.29 Å². The molecule has 1 N–H and O–H groups in total. The molecule has 0 aromatic rings. The van der Waals surface area contributed by atoms with Crippen molar-refractivity contribution in [2.24, 2.45) is 0 Å². The Bertz CT molecular complexity index is 1840. The lowest BCUT2D eigenvalue weighted by atomic mass is 10.0. The van der Waals surface area contributed by atoms with E-state index in [9.17, 15) is 19.5 Å². The van der Waals surface area contributed by atoms with Crippen LogP contribution < -0.4 is 0 Å². The number of ether oxygens (including phenoxy) is 4. The first-order chi connectivity index (χ1) is 46.6. The second kappa shape index (κ2) is 76.2. The molecule has 9 nitrogen and oxygen atoms in total. The highest BCUT2D eigenvalue weighted by Gasteiger charge is 2.25. The maximum Gasteiger partial charge on any atom is 0.361 e. The van der Waals surface area contributed by atoms with Crippen LogP contribution in [0, 0.1) is 0 Å². The normalized spacial score (nSPS) is 13.1. The van der Waals surface area contributed by atoms with Gasteiger partial charge in [-0.15, -0.1) is 0 Å². The van der Waals surface area contributed by atoms with Gasteiger partial charge in [-0.05, 0) is 89.9 Å². The van der Waals surface area contributed by atoms with Crippen molar-refractivity contribution in [3.63, 3.8) is 0 Å². The summed E-state index contributed by atoms with van der Waals surface area (Å²) in [5.41, 5.74) is 0. The van der Waals surface area contributed by atoms with Crippen LogP contribution in [0.15, 0.2) is 85.1 Å². The predicted octanol–water partition coefficient (Wildman–Crippen LogP) is 26.2. The third-order valence-corrected chi connectivity index (χ3v) is 18.1. The average molecular weight is 1330 g/mol. The Morgan fingerprint density at radius 3 is 0.895 bits per heavy atom. The number of carbonyl (C=O) groups is 3. The molecule has 0 saturated carbocycles. The molecule has 0 radical (unpaired) electrons. The van der Waals surface area contributed by atoms with Crippen LogP contribution in [-0.2, 0) is 33.3 Å². The molecule has 0 fully saturated rings. The third kappa shape index (κ3) is 77.7. The summed E-state index contributed by atoms with van der Waals surface area (Å²) < 4.78 is 23.1. The fourth-order valence-corrected chi connectivity index (χ4v) is 12.0. The Morgan fingerprint density at radius 2 is 0.600 bits per heavy atom. The molecule has 0 aromatic carbocycles.